The summed E-state index contributed by atoms with van der Waals surface area (Å²) in [6.45, 7) is 5.05. The largest absolute Gasteiger partial charge is 0.345 e. The Kier molecular flexibility index (Phi) is 5.34. The zero-order chi connectivity index (χ0) is 20.7. The highest BCUT2D eigenvalue weighted by molar-refractivity contribution is 5.97. The van der Waals surface area contributed by atoms with E-state index < -0.39 is 5.82 Å². The summed E-state index contributed by atoms with van der Waals surface area (Å²) in [4.78, 5) is 15.8. The number of hydrogen-bond donors (Lipinski definition) is 2. The Balaban J connectivity index is 1.46. The van der Waals surface area contributed by atoms with Gasteiger partial charge in [0.05, 0.1) is 11.6 Å². The molecule has 0 saturated carbocycles. The van der Waals surface area contributed by atoms with Gasteiger partial charge in [0.25, 0.3) is 5.91 Å². The first-order chi connectivity index (χ1) is 14.6. The molecular weight excluding hydrogens is 377 g/mol. The van der Waals surface area contributed by atoms with Crippen LogP contribution in [-0.2, 0) is 6.42 Å². The van der Waals surface area contributed by atoms with E-state index in [0.717, 1.165) is 49.2 Å². The van der Waals surface area contributed by atoms with E-state index in [1.54, 1.807) is 0 Å². The Morgan fingerprint density at radius 3 is 2.90 bits per heavy atom. The van der Waals surface area contributed by atoms with Gasteiger partial charge in [-0.3, -0.25) is 9.69 Å². The normalized spacial score (nSPS) is 26.8. The topological polar surface area (TPSA) is 44.4 Å². The third kappa shape index (κ3) is 3.54. The van der Waals surface area contributed by atoms with Crippen LogP contribution in [-0.4, -0.2) is 36.5 Å². The molecule has 3 aliphatic rings. The molecule has 0 aliphatic carbocycles. The molecule has 4 nitrogen and oxygen atoms in total. The fraction of sp³-hybridized carbons (Fsp3) is 0.480. The number of benzene rings is 2. The van der Waals surface area contributed by atoms with Crippen LogP contribution in [0, 0.1) is 11.7 Å². The smallest absolute Gasteiger partial charge is 0.255 e. The number of fused-ring (bicyclic) bond motifs is 4. The zero-order valence-electron chi connectivity index (χ0n) is 17.5. The lowest BCUT2D eigenvalue weighted by atomic mass is 9.76. The molecule has 2 N–H and O–H groups in total. The quantitative estimate of drug-likeness (QED) is 0.809. The molecule has 3 heterocycles. The molecule has 1 amide bonds. The van der Waals surface area contributed by atoms with Crippen LogP contribution in [0.4, 0.5) is 4.39 Å². The van der Waals surface area contributed by atoms with Crippen molar-refractivity contribution in [1.82, 2.24) is 15.5 Å². The number of carbonyl (C=O) groups excluding carboxylic acids is 1. The number of halogens is 1. The average molecular weight is 408 g/mol. The third-order valence-electron chi connectivity index (χ3n) is 7.28. The molecular formula is C25H30FN3O. The molecule has 0 aromatic heterocycles. The summed E-state index contributed by atoms with van der Waals surface area (Å²) >= 11 is 0. The first-order valence-electron chi connectivity index (χ1n) is 11.3. The minimum absolute atomic E-state index is 0.115. The fourth-order valence-corrected chi connectivity index (χ4v) is 5.70. The predicted molar refractivity (Wildman–Crippen MR) is 116 cm³/mol. The van der Waals surface area contributed by atoms with Crippen LogP contribution < -0.4 is 10.6 Å². The minimum Gasteiger partial charge on any atom is -0.345 e. The van der Waals surface area contributed by atoms with Gasteiger partial charge in [-0.25, -0.2) is 4.39 Å². The van der Waals surface area contributed by atoms with Gasteiger partial charge in [0.2, 0.25) is 0 Å². The van der Waals surface area contributed by atoms with Crippen molar-refractivity contribution >= 4 is 5.91 Å². The molecule has 0 bridgehead atoms. The van der Waals surface area contributed by atoms with Crippen LogP contribution in [0.5, 0.6) is 0 Å². The molecule has 5 heteroatoms. The summed E-state index contributed by atoms with van der Waals surface area (Å²) in [7, 11) is 0. The molecule has 0 radical (unpaired) electrons. The summed E-state index contributed by atoms with van der Waals surface area (Å²) in [5.74, 6) is -0.0474. The third-order valence-corrected chi connectivity index (χ3v) is 7.28. The van der Waals surface area contributed by atoms with E-state index in [-0.39, 0.29) is 23.6 Å². The number of amides is 1. The molecule has 3 aliphatic heterocycles. The highest BCUT2D eigenvalue weighted by Gasteiger charge is 2.41. The number of carbonyl (C=O) groups is 1. The van der Waals surface area contributed by atoms with E-state index in [0.29, 0.717) is 12.0 Å². The number of piperidine rings is 2. The summed E-state index contributed by atoms with van der Waals surface area (Å²) in [5, 5.41) is 6.72. The Labute approximate surface area is 177 Å². The van der Waals surface area contributed by atoms with Crippen molar-refractivity contribution < 1.29 is 9.18 Å². The Morgan fingerprint density at radius 1 is 1.23 bits per heavy atom. The van der Waals surface area contributed by atoms with Crippen LogP contribution in [0.15, 0.2) is 42.5 Å². The van der Waals surface area contributed by atoms with Crippen LogP contribution in [0.3, 0.4) is 0 Å². The number of nitrogens with zero attached hydrogens (tertiary/aromatic N) is 1. The van der Waals surface area contributed by atoms with E-state index >= 15 is 4.39 Å². The van der Waals surface area contributed by atoms with Gasteiger partial charge in [0.1, 0.15) is 5.82 Å². The van der Waals surface area contributed by atoms with Crippen LogP contribution in [0.2, 0.25) is 0 Å². The molecule has 2 aromatic carbocycles. The van der Waals surface area contributed by atoms with Gasteiger partial charge in [-0.15, -0.1) is 0 Å². The second-order valence-electron chi connectivity index (χ2n) is 9.06. The Morgan fingerprint density at radius 2 is 2.07 bits per heavy atom. The van der Waals surface area contributed by atoms with E-state index in [1.807, 2.05) is 43.3 Å². The molecule has 0 spiro atoms. The van der Waals surface area contributed by atoms with E-state index in [1.165, 1.54) is 18.9 Å². The molecule has 2 fully saturated rings. The monoisotopic (exact) mass is 407 g/mol. The van der Waals surface area contributed by atoms with Gasteiger partial charge >= 0.3 is 0 Å². The van der Waals surface area contributed by atoms with Crippen molar-refractivity contribution in [3.8, 4) is 0 Å². The molecule has 2 aromatic rings. The van der Waals surface area contributed by atoms with Crippen molar-refractivity contribution in [3.63, 3.8) is 0 Å². The van der Waals surface area contributed by atoms with Crippen molar-refractivity contribution in [2.24, 2.45) is 5.92 Å². The van der Waals surface area contributed by atoms with Crippen LogP contribution >= 0.6 is 0 Å². The first kappa shape index (κ1) is 19.7. The SMILES string of the molecule is C[C@@H](NC(=O)c1c(F)ccc2c1[C@@H]1C[C@@H]3NCCC[C@@H]3CN1CC2)c1ccccc1. The van der Waals surface area contributed by atoms with Gasteiger partial charge in [-0.1, -0.05) is 36.4 Å². The first-order valence-corrected chi connectivity index (χ1v) is 11.3. The van der Waals surface area contributed by atoms with Crippen molar-refractivity contribution in [2.45, 2.75) is 50.7 Å². The molecule has 0 unspecified atom stereocenters. The van der Waals surface area contributed by atoms with Crippen LogP contribution in [0.1, 0.15) is 65.3 Å². The average Bonchev–Trinajstić information content (AvgIpc) is 2.78. The molecule has 2 saturated heterocycles. The van der Waals surface area contributed by atoms with Crippen molar-refractivity contribution in [2.75, 3.05) is 19.6 Å². The van der Waals surface area contributed by atoms with Crippen molar-refractivity contribution in [1.29, 1.82) is 0 Å². The van der Waals surface area contributed by atoms with Gasteiger partial charge in [-0.2, -0.15) is 0 Å². The molecule has 5 rings (SSSR count). The maximum atomic E-state index is 15.1. The number of rotatable bonds is 3. The summed E-state index contributed by atoms with van der Waals surface area (Å²) in [6.07, 6.45) is 4.33. The minimum atomic E-state index is -0.410. The maximum Gasteiger partial charge on any atom is 0.255 e. The Hall–Kier alpha value is -2.24. The van der Waals surface area contributed by atoms with Crippen molar-refractivity contribution in [3.05, 3.63) is 70.5 Å². The highest BCUT2D eigenvalue weighted by atomic mass is 19.1. The molecule has 30 heavy (non-hydrogen) atoms. The summed E-state index contributed by atoms with van der Waals surface area (Å²) < 4.78 is 15.1. The number of nitrogens with one attached hydrogen (secondary N) is 2. The number of hydrogen-bond acceptors (Lipinski definition) is 3. The van der Waals surface area contributed by atoms with E-state index in [4.69, 9.17) is 0 Å². The zero-order valence-corrected chi connectivity index (χ0v) is 17.5. The van der Waals surface area contributed by atoms with Crippen LogP contribution in [0.25, 0.3) is 0 Å². The lowest BCUT2D eigenvalue weighted by molar-refractivity contribution is 0.0540. The summed E-state index contributed by atoms with van der Waals surface area (Å²) in [6, 6.07) is 13.6. The molecule has 4 atom stereocenters. The standard InChI is InChI=1S/C25H30FN3O/c1-16(17-6-3-2-4-7-17)28-25(30)24-20(26)10-9-18-11-13-29-15-19-8-5-12-27-21(19)14-22(29)23(18)24/h2-4,6-7,9-10,16,19,21-22,27H,5,8,11-15H2,1H3,(H,28,30)/t16-,19-,21+,22+/m1/s1. The van der Waals surface area contributed by atoms with Gasteiger partial charge in [-0.05, 0) is 67.8 Å². The fourth-order valence-electron chi connectivity index (χ4n) is 5.70. The second kappa shape index (κ2) is 8.12. The lowest BCUT2D eigenvalue weighted by Crippen LogP contribution is -2.55. The highest BCUT2D eigenvalue weighted by Crippen LogP contribution is 2.42. The summed E-state index contributed by atoms with van der Waals surface area (Å²) in [5.41, 5.74) is 3.32. The van der Waals surface area contributed by atoms with E-state index in [9.17, 15) is 4.79 Å². The Bertz CT molecular complexity index is 931. The second-order valence-corrected chi connectivity index (χ2v) is 9.06. The molecule has 158 valence electrons. The maximum absolute atomic E-state index is 15.1. The van der Waals surface area contributed by atoms with E-state index in [2.05, 4.69) is 15.5 Å². The lowest BCUT2D eigenvalue weighted by Gasteiger charge is -2.49. The predicted octanol–water partition coefficient (Wildman–Crippen LogP) is 3.99. The van der Waals surface area contributed by atoms with Gasteiger partial charge in [0.15, 0.2) is 0 Å². The van der Waals surface area contributed by atoms with Gasteiger partial charge < -0.3 is 10.6 Å². The van der Waals surface area contributed by atoms with Gasteiger partial charge in [0, 0.05) is 25.2 Å².